The second-order valence-corrected chi connectivity index (χ2v) is 2.59. The van der Waals surface area contributed by atoms with Crippen LogP contribution in [0.5, 0.6) is 0 Å². The normalized spacial score (nSPS) is 36.5. The molecule has 0 aromatic rings. The van der Waals surface area contributed by atoms with Crippen molar-refractivity contribution in [1.29, 1.82) is 0 Å². The van der Waals surface area contributed by atoms with Gasteiger partial charge in [-0.15, -0.1) is 0 Å². The van der Waals surface area contributed by atoms with E-state index in [4.69, 9.17) is 20.5 Å². The Labute approximate surface area is 72.9 Å². The first-order valence-corrected chi connectivity index (χ1v) is 3.50. The Morgan fingerprint density at radius 2 is 2.15 bits per heavy atom. The highest BCUT2D eigenvalue weighted by molar-refractivity contribution is 5.79. The Hall–Kier alpha value is -1.18. The summed E-state index contributed by atoms with van der Waals surface area (Å²) in [6.45, 7) is 0. The predicted molar refractivity (Wildman–Crippen MR) is 38.2 cm³/mol. The van der Waals surface area contributed by atoms with E-state index >= 15 is 0 Å². The van der Waals surface area contributed by atoms with Gasteiger partial charge in [-0.2, -0.15) is 0 Å². The van der Waals surface area contributed by atoms with E-state index in [1.807, 2.05) is 0 Å². The van der Waals surface area contributed by atoms with Crippen LogP contribution in [0, 0.1) is 0 Å². The number of esters is 1. The summed E-state index contributed by atoms with van der Waals surface area (Å²) in [5.41, 5.74) is 0. The van der Waals surface area contributed by atoms with Gasteiger partial charge in [-0.3, -0.25) is 0 Å². The van der Waals surface area contributed by atoms with Gasteiger partial charge in [-0.1, -0.05) is 5.16 Å². The number of cyclic esters (lactones) is 1. The van der Waals surface area contributed by atoms with Crippen LogP contribution in [0.1, 0.15) is 0 Å². The SMILES string of the molecule is O=C1O[C@H]([C@@H](O)C=NO)[C@H](O)[C@@H]1O. The van der Waals surface area contributed by atoms with Crippen molar-refractivity contribution in [2.75, 3.05) is 0 Å². The Morgan fingerprint density at radius 1 is 1.54 bits per heavy atom. The number of hydrogen-bond donors (Lipinski definition) is 4. The van der Waals surface area contributed by atoms with Crippen LogP contribution in [0.4, 0.5) is 0 Å². The molecule has 4 atom stereocenters. The standard InChI is InChI=1S/C6H9NO6/c8-2(1-7-12)5-3(9)4(10)6(11)13-5/h1-5,8-10,12H/t2-,3+,4-,5+/m0/s1. The van der Waals surface area contributed by atoms with Gasteiger partial charge in [0.05, 0.1) is 6.21 Å². The van der Waals surface area contributed by atoms with E-state index in [9.17, 15) is 4.79 Å². The molecule has 0 spiro atoms. The number of carbonyl (C=O) groups is 1. The van der Waals surface area contributed by atoms with Crippen molar-refractivity contribution in [3.63, 3.8) is 0 Å². The first-order valence-electron chi connectivity index (χ1n) is 3.50. The summed E-state index contributed by atoms with van der Waals surface area (Å²) in [5, 5.41) is 37.7. The Balaban J connectivity index is 2.67. The van der Waals surface area contributed by atoms with Gasteiger partial charge in [0.2, 0.25) is 0 Å². The third-order valence-corrected chi connectivity index (χ3v) is 1.71. The highest BCUT2D eigenvalue weighted by Gasteiger charge is 2.45. The summed E-state index contributed by atoms with van der Waals surface area (Å²) in [7, 11) is 0. The van der Waals surface area contributed by atoms with Crippen molar-refractivity contribution >= 4 is 12.2 Å². The third kappa shape index (κ3) is 1.77. The molecule has 1 saturated heterocycles. The lowest BCUT2D eigenvalue weighted by atomic mass is 10.1. The molecule has 1 aliphatic heterocycles. The number of aliphatic hydroxyl groups excluding tert-OH is 3. The molecular weight excluding hydrogens is 182 g/mol. The van der Waals surface area contributed by atoms with Gasteiger partial charge in [0.15, 0.2) is 12.2 Å². The van der Waals surface area contributed by atoms with E-state index in [0.717, 1.165) is 0 Å². The van der Waals surface area contributed by atoms with Gasteiger partial charge >= 0.3 is 5.97 Å². The molecule has 1 aliphatic rings. The van der Waals surface area contributed by atoms with Crippen LogP contribution in [-0.4, -0.2) is 57.1 Å². The van der Waals surface area contributed by atoms with Crippen LogP contribution < -0.4 is 0 Å². The van der Waals surface area contributed by atoms with E-state index in [1.54, 1.807) is 0 Å². The van der Waals surface area contributed by atoms with E-state index in [2.05, 4.69) is 9.89 Å². The van der Waals surface area contributed by atoms with Crippen molar-refractivity contribution in [2.24, 2.45) is 5.16 Å². The van der Waals surface area contributed by atoms with Crippen LogP contribution in [0.15, 0.2) is 5.16 Å². The molecule has 1 rings (SSSR count). The summed E-state index contributed by atoms with van der Waals surface area (Å²) < 4.78 is 4.41. The number of hydrogen-bond acceptors (Lipinski definition) is 7. The molecule has 4 N–H and O–H groups in total. The number of aliphatic hydroxyl groups is 3. The molecule has 0 aliphatic carbocycles. The number of rotatable bonds is 2. The van der Waals surface area contributed by atoms with Gasteiger partial charge < -0.3 is 25.3 Å². The maximum Gasteiger partial charge on any atom is 0.338 e. The fourth-order valence-corrected chi connectivity index (χ4v) is 1.02. The topological polar surface area (TPSA) is 120 Å². The van der Waals surface area contributed by atoms with Gasteiger partial charge in [0.25, 0.3) is 0 Å². The molecule has 13 heavy (non-hydrogen) atoms. The van der Waals surface area contributed by atoms with Crippen LogP contribution in [0.2, 0.25) is 0 Å². The van der Waals surface area contributed by atoms with Crippen LogP contribution in [0.3, 0.4) is 0 Å². The second-order valence-electron chi connectivity index (χ2n) is 2.59. The summed E-state index contributed by atoms with van der Waals surface area (Å²) in [5.74, 6) is -1.01. The highest BCUT2D eigenvalue weighted by Crippen LogP contribution is 2.18. The maximum atomic E-state index is 10.7. The van der Waals surface area contributed by atoms with E-state index < -0.39 is 30.4 Å². The predicted octanol–water partition coefficient (Wildman–Crippen LogP) is -2.55. The minimum atomic E-state index is -1.66. The minimum absolute atomic E-state index is 0.680. The molecular formula is C6H9NO6. The lowest BCUT2D eigenvalue weighted by Gasteiger charge is -2.15. The molecule has 0 amide bonds. The summed E-state index contributed by atoms with van der Waals surface area (Å²) in [4.78, 5) is 10.7. The lowest BCUT2D eigenvalue weighted by Crippen LogP contribution is -2.39. The molecule has 1 fully saturated rings. The first kappa shape index (κ1) is 9.90. The Morgan fingerprint density at radius 3 is 2.54 bits per heavy atom. The monoisotopic (exact) mass is 191 g/mol. The molecule has 0 saturated carbocycles. The molecule has 0 unspecified atom stereocenters. The molecule has 0 radical (unpaired) electrons. The van der Waals surface area contributed by atoms with Gasteiger partial charge in [0, 0.05) is 0 Å². The molecule has 1 heterocycles. The van der Waals surface area contributed by atoms with Gasteiger partial charge in [-0.05, 0) is 0 Å². The number of oxime groups is 1. The quantitative estimate of drug-likeness (QED) is 0.165. The van der Waals surface area contributed by atoms with Crippen LogP contribution >= 0.6 is 0 Å². The third-order valence-electron chi connectivity index (χ3n) is 1.71. The van der Waals surface area contributed by atoms with E-state index in [0.29, 0.717) is 6.21 Å². The number of carbonyl (C=O) groups excluding carboxylic acids is 1. The van der Waals surface area contributed by atoms with Crippen molar-refractivity contribution < 1.29 is 30.1 Å². The molecule has 7 heteroatoms. The fourth-order valence-electron chi connectivity index (χ4n) is 1.02. The zero-order valence-corrected chi connectivity index (χ0v) is 6.44. The second kappa shape index (κ2) is 3.69. The van der Waals surface area contributed by atoms with Gasteiger partial charge in [0.1, 0.15) is 12.2 Å². The average Bonchev–Trinajstić information content (AvgIpc) is 2.33. The Bertz CT molecular complexity index is 229. The van der Waals surface area contributed by atoms with E-state index in [1.165, 1.54) is 0 Å². The molecule has 7 nitrogen and oxygen atoms in total. The number of nitrogens with zero attached hydrogens (tertiary/aromatic N) is 1. The zero-order valence-electron chi connectivity index (χ0n) is 6.44. The largest absolute Gasteiger partial charge is 0.454 e. The molecule has 0 aromatic carbocycles. The van der Waals surface area contributed by atoms with Crippen molar-refractivity contribution in [3.05, 3.63) is 0 Å². The first-order chi connectivity index (χ1) is 6.07. The molecule has 74 valence electrons. The van der Waals surface area contributed by atoms with Crippen molar-refractivity contribution in [3.8, 4) is 0 Å². The molecule has 0 bridgehead atoms. The number of ether oxygens (including phenoxy) is 1. The fraction of sp³-hybridized carbons (Fsp3) is 0.667. The molecule has 0 aromatic heterocycles. The van der Waals surface area contributed by atoms with Crippen LogP contribution in [-0.2, 0) is 9.53 Å². The summed E-state index contributed by atoms with van der Waals surface area (Å²) >= 11 is 0. The minimum Gasteiger partial charge on any atom is -0.454 e. The lowest BCUT2D eigenvalue weighted by molar-refractivity contribution is -0.149. The van der Waals surface area contributed by atoms with Crippen molar-refractivity contribution in [2.45, 2.75) is 24.4 Å². The summed E-state index contributed by atoms with van der Waals surface area (Å²) in [6.07, 6.45) is -5.23. The van der Waals surface area contributed by atoms with E-state index in [-0.39, 0.29) is 0 Å². The smallest absolute Gasteiger partial charge is 0.338 e. The van der Waals surface area contributed by atoms with Crippen molar-refractivity contribution in [1.82, 2.24) is 0 Å². The van der Waals surface area contributed by atoms with Crippen LogP contribution in [0.25, 0.3) is 0 Å². The average molecular weight is 191 g/mol. The zero-order chi connectivity index (χ0) is 10.0. The maximum absolute atomic E-state index is 10.7. The van der Waals surface area contributed by atoms with Gasteiger partial charge in [-0.25, -0.2) is 4.79 Å². The highest BCUT2D eigenvalue weighted by atomic mass is 16.6. The summed E-state index contributed by atoms with van der Waals surface area (Å²) in [6, 6.07) is 0. The Kier molecular flexibility index (Phi) is 2.81.